The summed E-state index contributed by atoms with van der Waals surface area (Å²) in [5.74, 6) is 0.0457. The molecule has 0 atom stereocenters. The molecular weight excluding hydrogens is 446 g/mol. The van der Waals surface area contributed by atoms with Gasteiger partial charge in [-0.05, 0) is 24.3 Å². The van der Waals surface area contributed by atoms with E-state index in [4.69, 9.17) is 4.42 Å². The lowest BCUT2D eigenvalue weighted by Crippen LogP contribution is -2.29. The van der Waals surface area contributed by atoms with E-state index < -0.39 is 9.84 Å². The summed E-state index contributed by atoms with van der Waals surface area (Å²) in [5.41, 5.74) is 2.77. The van der Waals surface area contributed by atoms with E-state index in [1.54, 1.807) is 30.3 Å². The maximum atomic E-state index is 12.8. The Morgan fingerprint density at radius 2 is 1.91 bits per heavy atom. The van der Waals surface area contributed by atoms with E-state index in [2.05, 4.69) is 16.5 Å². The van der Waals surface area contributed by atoms with E-state index in [0.29, 0.717) is 27.8 Å². The highest BCUT2D eigenvalue weighted by molar-refractivity contribution is 7.90. The molecule has 9 heteroatoms. The number of sulfone groups is 1. The highest BCUT2D eigenvalue weighted by atomic mass is 32.2. The van der Waals surface area contributed by atoms with Crippen molar-refractivity contribution in [2.45, 2.75) is 4.90 Å². The average molecular weight is 466 g/mol. The Kier molecular flexibility index (Phi) is 6.02. The maximum absolute atomic E-state index is 12.8. The van der Waals surface area contributed by atoms with Crippen LogP contribution in [-0.4, -0.2) is 37.1 Å². The zero-order valence-electron chi connectivity index (χ0n) is 17.1. The van der Waals surface area contributed by atoms with Gasteiger partial charge in [0.05, 0.1) is 10.6 Å². The number of thiazole rings is 1. The molecule has 0 N–H and O–H groups in total. The van der Waals surface area contributed by atoms with Crippen LogP contribution in [0.3, 0.4) is 0 Å². The van der Waals surface area contributed by atoms with Crippen LogP contribution in [0, 0.1) is 0 Å². The molecule has 0 radical (unpaired) electrons. The summed E-state index contributed by atoms with van der Waals surface area (Å²) in [6, 6.07) is 13.8. The summed E-state index contributed by atoms with van der Waals surface area (Å²) in [7, 11) is -3.27. The highest BCUT2D eigenvalue weighted by Crippen LogP contribution is 2.28. The molecule has 7 nitrogen and oxygen atoms in total. The number of para-hydroxylation sites is 2. The van der Waals surface area contributed by atoms with Gasteiger partial charge in [0, 0.05) is 35.9 Å². The number of aromatic nitrogens is 2. The number of carbonyl (C=O) groups excluding carboxylic acids is 1. The van der Waals surface area contributed by atoms with Crippen molar-refractivity contribution in [1.29, 1.82) is 0 Å². The van der Waals surface area contributed by atoms with Gasteiger partial charge in [-0.25, -0.2) is 18.4 Å². The molecule has 0 saturated carbocycles. The average Bonchev–Trinajstić information content (AvgIpc) is 3.42. The lowest BCUT2D eigenvalue weighted by molar-refractivity contribution is -0.114. The third-order valence-corrected chi connectivity index (χ3v) is 6.55. The summed E-state index contributed by atoms with van der Waals surface area (Å²) in [6.07, 6.45) is 5.69. The van der Waals surface area contributed by atoms with Crippen LogP contribution < -0.4 is 4.90 Å². The quantitative estimate of drug-likeness (QED) is 0.293. The number of fused-ring (bicyclic) bond motifs is 1. The van der Waals surface area contributed by atoms with Crippen molar-refractivity contribution in [3.63, 3.8) is 0 Å². The van der Waals surface area contributed by atoms with Crippen LogP contribution in [0.2, 0.25) is 0 Å². The molecule has 2 heterocycles. The van der Waals surface area contributed by atoms with Crippen molar-refractivity contribution in [1.82, 2.24) is 9.97 Å². The van der Waals surface area contributed by atoms with E-state index in [0.717, 1.165) is 11.8 Å². The Morgan fingerprint density at radius 3 is 2.59 bits per heavy atom. The first-order valence-corrected chi connectivity index (χ1v) is 12.3. The Morgan fingerprint density at radius 1 is 1.16 bits per heavy atom. The Labute approximate surface area is 189 Å². The fourth-order valence-electron chi connectivity index (χ4n) is 2.98. The summed E-state index contributed by atoms with van der Waals surface area (Å²) in [4.78, 5) is 23.5. The number of hydrogen-bond donors (Lipinski definition) is 0. The first kappa shape index (κ1) is 21.7. The highest BCUT2D eigenvalue weighted by Gasteiger charge is 2.17. The molecule has 0 aliphatic rings. The van der Waals surface area contributed by atoms with E-state index in [-0.39, 0.29) is 17.3 Å². The smallest absolute Gasteiger partial charge is 0.253 e. The van der Waals surface area contributed by atoms with Crippen LogP contribution in [-0.2, 0) is 14.6 Å². The number of nitrogens with zero attached hydrogens (tertiary/aromatic N) is 3. The molecule has 0 spiro atoms. The van der Waals surface area contributed by atoms with Gasteiger partial charge in [-0.1, -0.05) is 30.3 Å². The fourth-order valence-corrected chi connectivity index (χ4v) is 4.46. The minimum absolute atomic E-state index is 0.240. The molecule has 2 aromatic heterocycles. The number of rotatable bonds is 7. The number of oxazole rings is 1. The van der Waals surface area contributed by atoms with E-state index >= 15 is 0 Å². The van der Waals surface area contributed by atoms with Crippen molar-refractivity contribution in [3.8, 4) is 11.3 Å². The van der Waals surface area contributed by atoms with Crippen LogP contribution >= 0.6 is 11.3 Å². The zero-order chi connectivity index (χ0) is 22.7. The maximum Gasteiger partial charge on any atom is 0.253 e. The van der Waals surface area contributed by atoms with Gasteiger partial charge in [-0.3, -0.25) is 9.69 Å². The van der Waals surface area contributed by atoms with Crippen molar-refractivity contribution >= 4 is 49.4 Å². The molecular formula is C23H19N3O4S2. The molecule has 0 aliphatic carbocycles. The topological polar surface area (TPSA) is 93.4 Å². The molecule has 32 heavy (non-hydrogen) atoms. The molecule has 0 aliphatic heterocycles. The Bertz CT molecular complexity index is 1380. The van der Waals surface area contributed by atoms with Crippen LogP contribution in [0.4, 0.5) is 5.13 Å². The summed E-state index contributed by atoms with van der Waals surface area (Å²) >= 11 is 1.31. The van der Waals surface area contributed by atoms with Gasteiger partial charge < -0.3 is 4.42 Å². The second-order valence-electron chi connectivity index (χ2n) is 6.90. The number of amides is 1. The molecule has 0 unspecified atom stereocenters. The molecule has 4 aromatic rings. The van der Waals surface area contributed by atoms with Gasteiger partial charge >= 0.3 is 0 Å². The van der Waals surface area contributed by atoms with Gasteiger partial charge in [-0.2, -0.15) is 0 Å². The third kappa shape index (κ3) is 4.68. The molecule has 162 valence electrons. The van der Waals surface area contributed by atoms with E-state index in [1.807, 2.05) is 29.6 Å². The molecule has 4 rings (SSSR count). The van der Waals surface area contributed by atoms with Gasteiger partial charge in [-0.15, -0.1) is 17.9 Å². The predicted octanol–water partition coefficient (Wildman–Crippen LogP) is 4.59. The van der Waals surface area contributed by atoms with Gasteiger partial charge in [0.2, 0.25) is 5.89 Å². The summed E-state index contributed by atoms with van der Waals surface area (Å²) < 4.78 is 28.9. The molecule has 0 bridgehead atoms. The second kappa shape index (κ2) is 8.89. The van der Waals surface area contributed by atoms with Crippen molar-refractivity contribution in [3.05, 3.63) is 78.5 Å². The Balaban J connectivity index is 1.55. The standard InChI is InChI=1S/C23H19N3O4S2/c1-3-14-26(22(27)13-12-21-24-18-6-4-5-7-20(18)30-21)23-25-19(15-31-23)16-8-10-17(11-9-16)32(2,28)29/h3-13,15H,1,14H2,2H3. The lowest BCUT2D eigenvalue weighted by Gasteiger charge is -2.15. The number of hydrogen-bond acceptors (Lipinski definition) is 7. The SMILES string of the molecule is C=CCN(C(=O)C=Cc1nc2ccccc2o1)c1nc(-c2ccc(S(C)(=O)=O)cc2)cs1. The predicted molar refractivity (Wildman–Crippen MR) is 126 cm³/mol. The third-order valence-electron chi connectivity index (χ3n) is 4.56. The zero-order valence-corrected chi connectivity index (χ0v) is 18.8. The summed E-state index contributed by atoms with van der Waals surface area (Å²) in [5, 5.41) is 2.32. The molecule has 0 saturated heterocycles. The molecule has 1 amide bonds. The first-order chi connectivity index (χ1) is 15.3. The normalized spacial score (nSPS) is 11.8. The summed E-state index contributed by atoms with van der Waals surface area (Å²) in [6.45, 7) is 4.00. The van der Waals surface area contributed by atoms with Crippen molar-refractivity contribution < 1.29 is 17.6 Å². The number of benzene rings is 2. The Hall–Kier alpha value is -3.56. The van der Waals surface area contributed by atoms with Crippen LogP contribution in [0.1, 0.15) is 5.89 Å². The molecule has 2 aromatic carbocycles. The minimum Gasteiger partial charge on any atom is -0.437 e. The minimum atomic E-state index is -3.27. The van der Waals surface area contributed by atoms with Crippen LogP contribution in [0.15, 0.2) is 82.0 Å². The van der Waals surface area contributed by atoms with E-state index in [9.17, 15) is 13.2 Å². The van der Waals surface area contributed by atoms with Crippen LogP contribution in [0.25, 0.3) is 28.4 Å². The molecule has 0 fully saturated rings. The lowest BCUT2D eigenvalue weighted by atomic mass is 10.2. The monoisotopic (exact) mass is 465 g/mol. The second-order valence-corrected chi connectivity index (χ2v) is 9.75. The fraction of sp³-hybridized carbons (Fsp3) is 0.0870. The van der Waals surface area contributed by atoms with Crippen LogP contribution in [0.5, 0.6) is 0 Å². The van der Waals surface area contributed by atoms with Gasteiger partial charge in [0.1, 0.15) is 5.52 Å². The number of anilines is 1. The largest absolute Gasteiger partial charge is 0.437 e. The van der Waals surface area contributed by atoms with Gasteiger partial charge in [0.25, 0.3) is 5.91 Å². The van der Waals surface area contributed by atoms with Gasteiger partial charge in [0.15, 0.2) is 20.6 Å². The van der Waals surface area contributed by atoms with Crippen molar-refractivity contribution in [2.75, 3.05) is 17.7 Å². The van der Waals surface area contributed by atoms with E-state index in [1.165, 1.54) is 28.4 Å². The van der Waals surface area contributed by atoms with Crippen molar-refractivity contribution in [2.24, 2.45) is 0 Å². The number of carbonyl (C=O) groups is 1. The first-order valence-electron chi connectivity index (χ1n) is 9.57.